The third-order valence-corrected chi connectivity index (χ3v) is 5.23. The molecule has 0 radical (unpaired) electrons. The van der Waals surface area contributed by atoms with Gasteiger partial charge in [0.1, 0.15) is 5.75 Å². The zero-order chi connectivity index (χ0) is 16.1. The van der Waals surface area contributed by atoms with Gasteiger partial charge in [0.05, 0.1) is 7.11 Å². The van der Waals surface area contributed by atoms with Gasteiger partial charge < -0.3 is 15.8 Å². The van der Waals surface area contributed by atoms with Gasteiger partial charge in [-0.3, -0.25) is 4.99 Å². The van der Waals surface area contributed by atoms with Crippen LogP contribution >= 0.6 is 24.0 Å². The highest BCUT2D eigenvalue weighted by Gasteiger charge is 2.21. The number of nitrogens with zero attached hydrogens (tertiary/aromatic N) is 1. The summed E-state index contributed by atoms with van der Waals surface area (Å²) in [6, 6.07) is 6.97. The lowest BCUT2D eigenvalue weighted by atomic mass is 9.83. The summed E-state index contributed by atoms with van der Waals surface area (Å²) in [5.41, 5.74) is 8.94. The number of benzene rings is 1. The minimum Gasteiger partial charge on any atom is -0.497 e. The summed E-state index contributed by atoms with van der Waals surface area (Å²) in [6.07, 6.45) is 9.98. The molecule has 0 saturated heterocycles. The van der Waals surface area contributed by atoms with E-state index in [2.05, 4.69) is 28.5 Å². The van der Waals surface area contributed by atoms with Crippen LogP contribution in [0.1, 0.15) is 62.0 Å². The molecule has 5 heteroatoms. The summed E-state index contributed by atoms with van der Waals surface area (Å²) in [5.74, 6) is 2.06. The van der Waals surface area contributed by atoms with E-state index in [4.69, 9.17) is 10.5 Å². The molecule has 0 heterocycles. The third-order valence-electron chi connectivity index (χ3n) is 5.23. The molecule has 0 aromatic heterocycles. The molecule has 2 aliphatic carbocycles. The Hall–Kier alpha value is -0.980. The maximum Gasteiger partial charge on any atom is 0.188 e. The molecule has 1 fully saturated rings. The monoisotopic (exact) mass is 443 g/mol. The normalized spacial score (nSPS) is 21.5. The van der Waals surface area contributed by atoms with Crippen LogP contribution in [-0.4, -0.2) is 25.7 Å². The Kier molecular flexibility index (Phi) is 7.65. The number of guanidine groups is 1. The Labute approximate surface area is 162 Å². The van der Waals surface area contributed by atoms with Crippen molar-refractivity contribution in [2.45, 2.75) is 63.3 Å². The SMILES string of the molecule is COc1ccc2c(c1)CCCC2CN=C(N)NC1CCCCC1.I. The van der Waals surface area contributed by atoms with Crippen molar-refractivity contribution in [1.29, 1.82) is 0 Å². The first-order valence-electron chi connectivity index (χ1n) is 8.99. The van der Waals surface area contributed by atoms with Gasteiger partial charge in [0.2, 0.25) is 0 Å². The standard InChI is InChI=1S/C19H29N3O.HI/c1-23-17-10-11-18-14(12-17)6-5-7-15(18)13-21-19(20)22-16-8-3-2-4-9-16;/h10-12,15-16H,2-9,13H2,1H3,(H3,20,21,22);1H. The number of ether oxygens (including phenoxy) is 1. The molecule has 1 aromatic carbocycles. The molecule has 2 aliphatic rings. The molecule has 1 atom stereocenters. The Morgan fingerprint density at radius 1 is 1.21 bits per heavy atom. The van der Waals surface area contributed by atoms with Crippen LogP contribution in [0.3, 0.4) is 0 Å². The van der Waals surface area contributed by atoms with Crippen molar-refractivity contribution >= 4 is 29.9 Å². The highest BCUT2D eigenvalue weighted by Crippen LogP contribution is 2.33. The Morgan fingerprint density at radius 3 is 2.75 bits per heavy atom. The van der Waals surface area contributed by atoms with Gasteiger partial charge >= 0.3 is 0 Å². The van der Waals surface area contributed by atoms with Gasteiger partial charge in [-0.15, -0.1) is 24.0 Å². The number of hydrogen-bond donors (Lipinski definition) is 2. The van der Waals surface area contributed by atoms with Crippen LogP contribution in [0.15, 0.2) is 23.2 Å². The molecule has 0 bridgehead atoms. The maximum atomic E-state index is 6.11. The van der Waals surface area contributed by atoms with Crippen LogP contribution < -0.4 is 15.8 Å². The van der Waals surface area contributed by atoms with Crippen LogP contribution in [0.2, 0.25) is 0 Å². The third kappa shape index (κ3) is 5.01. The molecule has 3 rings (SSSR count). The Bertz CT molecular complexity index is 556. The number of halogens is 1. The first kappa shape index (κ1) is 19.3. The maximum absolute atomic E-state index is 6.11. The summed E-state index contributed by atoms with van der Waals surface area (Å²) >= 11 is 0. The van der Waals surface area contributed by atoms with Gasteiger partial charge in [-0.05, 0) is 55.4 Å². The lowest BCUT2D eigenvalue weighted by molar-refractivity contribution is 0.411. The lowest BCUT2D eigenvalue weighted by Gasteiger charge is -2.26. The quantitative estimate of drug-likeness (QED) is 0.421. The summed E-state index contributed by atoms with van der Waals surface area (Å²) in [4.78, 5) is 4.64. The van der Waals surface area contributed by atoms with E-state index in [0.717, 1.165) is 18.7 Å². The summed E-state index contributed by atoms with van der Waals surface area (Å²) < 4.78 is 5.34. The van der Waals surface area contributed by atoms with Crippen molar-refractivity contribution in [3.05, 3.63) is 29.3 Å². The van der Waals surface area contributed by atoms with Gasteiger partial charge in [0, 0.05) is 18.5 Å². The highest BCUT2D eigenvalue weighted by molar-refractivity contribution is 14.0. The fourth-order valence-corrected chi connectivity index (χ4v) is 3.92. The number of nitrogens with one attached hydrogen (secondary N) is 1. The van der Waals surface area contributed by atoms with Crippen molar-refractivity contribution in [3.8, 4) is 5.75 Å². The van der Waals surface area contributed by atoms with Gasteiger partial charge in [-0.25, -0.2) is 0 Å². The zero-order valence-electron chi connectivity index (χ0n) is 14.6. The smallest absolute Gasteiger partial charge is 0.188 e. The molecule has 1 saturated carbocycles. The molecule has 134 valence electrons. The fraction of sp³-hybridized carbons (Fsp3) is 0.632. The molecule has 3 N–H and O–H groups in total. The molecule has 1 unspecified atom stereocenters. The first-order chi connectivity index (χ1) is 11.3. The molecular weight excluding hydrogens is 413 g/mol. The van der Waals surface area contributed by atoms with Crippen molar-refractivity contribution in [2.75, 3.05) is 13.7 Å². The number of aliphatic imine (C=N–C) groups is 1. The minimum atomic E-state index is 0. The number of hydrogen-bond acceptors (Lipinski definition) is 2. The minimum absolute atomic E-state index is 0. The molecule has 1 aromatic rings. The topological polar surface area (TPSA) is 59.6 Å². The van der Waals surface area contributed by atoms with Crippen molar-refractivity contribution in [3.63, 3.8) is 0 Å². The molecule has 0 amide bonds. The predicted octanol–water partition coefficient (Wildman–Crippen LogP) is 3.97. The second-order valence-corrected chi connectivity index (χ2v) is 6.86. The number of fused-ring (bicyclic) bond motifs is 1. The molecule has 4 nitrogen and oxygen atoms in total. The molecule has 0 aliphatic heterocycles. The lowest BCUT2D eigenvalue weighted by Crippen LogP contribution is -2.41. The fourth-order valence-electron chi connectivity index (χ4n) is 3.92. The number of nitrogens with two attached hydrogens (primary N) is 1. The number of rotatable bonds is 4. The largest absolute Gasteiger partial charge is 0.497 e. The van der Waals surface area contributed by atoms with Crippen molar-refractivity contribution in [2.24, 2.45) is 10.7 Å². The van der Waals surface area contributed by atoms with E-state index in [0.29, 0.717) is 17.9 Å². The van der Waals surface area contributed by atoms with E-state index in [1.54, 1.807) is 7.11 Å². The average molecular weight is 443 g/mol. The summed E-state index contributed by atoms with van der Waals surface area (Å²) in [7, 11) is 1.73. The Morgan fingerprint density at radius 2 is 2.00 bits per heavy atom. The van der Waals surface area contributed by atoms with E-state index >= 15 is 0 Å². The number of aryl methyl sites for hydroxylation is 1. The summed E-state index contributed by atoms with van der Waals surface area (Å²) in [5, 5.41) is 3.41. The number of methoxy groups -OCH3 is 1. The second-order valence-electron chi connectivity index (χ2n) is 6.86. The zero-order valence-corrected chi connectivity index (χ0v) is 16.9. The first-order valence-corrected chi connectivity index (χ1v) is 8.99. The van der Waals surface area contributed by atoms with Crippen LogP contribution in [0, 0.1) is 0 Å². The Balaban J connectivity index is 0.00000208. The van der Waals surface area contributed by atoms with E-state index in [1.807, 2.05) is 0 Å². The molecule has 24 heavy (non-hydrogen) atoms. The van der Waals surface area contributed by atoms with E-state index in [1.165, 1.54) is 56.1 Å². The highest BCUT2D eigenvalue weighted by atomic mass is 127. The van der Waals surface area contributed by atoms with E-state index in [-0.39, 0.29) is 24.0 Å². The van der Waals surface area contributed by atoms with E-state index in [9.17, 15) is 0 Å². The van der Waals surface area contributed by atoms with E-state index < -0.39 is 0 Å². The van der Waals surface area contributed by atoms with Crippen LogP contribution in [0.5, 0.6) is 5.75 Å². The molecular formula is C19H30IN3O. The van der Waals surface area contributed by atoms with Gasteiger partial charge in [-0.1, -0.05) is 25.3 Å². The van der Waals surface area contributed by atoms with Crippen molar-refractivity contribution < 1.29 is 4.74 Å². The average Bonchev–Trinajstić information content (AvgIpc) is 2.60. The van der Waals surface area contributed by atoms with Gasteiger partial charge in [0.15, 0.2) is 5.96 Å². The second kappa shape index (κ2) is 9.49. The summed E-state index contributed by atoms with van der Waals surface area (Å²) in [6.45, 7) is 0.783. The van der Waals surface area contributed by atoms with Gasteiger partial charge in [-0.2, -0.15) is 0 Å². The van der Waals surface area contributed by atoms with Gasteiger partial charge in [0.25, 0.3) is 0 Å². The van der Waals surface area contributed by atoms with Crippen LogP contribution in [-0.2, 0) is 6.42 Å². The van der Waals surface area contributed by atoms with Crippen LogP contribution in [0.4, 0.5) is 0 Å². The van der Waals surface area contributed by atoms with Crippen molar-refractivity contribution in [1.82, 2.24) is 5.32 Å². The predicted molar refractivity (Wildman–Crippen MR) is 111 cm³/mol. The molecule has 0 spiro atoms. The van der Waals surface area contributed by atoms with Crippen LogP contribution in [0.25, 0.3) is 0 Å².